The number of hydrogen-bond donors (Lipinski definition) is 1. The first kappa shape index (κ1) is 18.4. The second kappa shape index (κ2) is 6.75. The molecule has 2 aliphatic rings. The van der Waals surface area contributed by atoms with Crippen LogP contribution in [-0.4, -0.2) is 45.3 Å². The van der Waals surface area contributed by atoms with E-state index in [9.17, 15) is 22.8 Å². The van der Waals surface area contributed by atoms with Gasteiger partial charge in [0.1, 0.15) is 6.04 Å². The fourth-order valence-electron chi connectivity index (χ4n) is 3.09. The van der Waals surface area contributed by atoms with Gasteiger partial charge in [0.2, 0.25) is 11.8 Å². The van der Waals surface area contributed by atoms with Gasteiger partial charge in [-0.15, -0.1) is 23.5 Å². The van der Waals surface area contributed by atoms with Gasteiger partial charge in [-0.25, -0.2) is 0 Å². The first-order chi connectivity index (χ1) is 11.7. The summed E-state index contributed by atoms with van der Waals surface area (Å²) in [6, 6.07) is 5.80. The maximum absolute atomic E-state index is 12.6. The molecule has 3 rings (SSSR count). The fraction of sp³-hybridized carbons (Fsp3) is 0.500. The Morgan fingerprint density at radius 1 is 1.44 bits per heavy atom. The highest BCUT2D eigenvalue weighted by Gasteiger charge is 2.52. The number of carbonyl (C=O) groups is 2. The molecule has 0 aliphatic carbocycles. The van der Waals surface area contributed by atoms with Crippen LogP contribution in [0, 0.1) is 0 Å². The number of anilines is 1. The third-order valence-electron chi connectivity index (χ3n) is 4.28. The van der Waals surface area contributed by atoms with Gasteiger partial charge in [0.15, 0.2) is 0 Å². The minimum absolute atomic E-state index is 0.0487. The van der Waals surface area contributed by atoms with Crippen LogP contribution in [-0.2, 0) is 9.59 Å². The van der Waals surface area contributed by atoms with Crippen LogP contribution in [0.5, 0.6) is 0 Å². The summed E-state index contributed by atoms with van der Waals surface area (Å²) >= 11 is 2.21. The van der Waals surface area contributed by atoms with E-state index in [1.54, 1.807) is 40.9 Å². The van der Waals surface area contributed by atoms with Gasteiger partial charge in [-0.3, -0.25) is 9.59 Å². The van der Waals surface area contributed by atoms with Gasteiger partial charge in [-0.05, 0) is 25.5 Å². The van der Waals surface area contributed by atoms with Crippen LogP contribution in [0.1, 0.15) is 19.8 Å². The molecule has 1 aromatic rings. The molecule has 1 aromatic carbocycles. The summed E-state index contributed by atoms with van der Waals surface area (Å²) in [4.78, 5) is 26.4. The zero-order chi connectivity index (χ0) is 18.2. The van der Waals surface area contributed by atoms with Crippen molar-refractivity contribution in [2.75, 3.05) is 16.8 Å². The summed E-state index contributed by atoms with van der Waals surface area (Å²) in [6.45, 7) is 1.95. The van der Waals surface area contributed by atoms with Gasteiger partial charge in [0.05, 0.1) is 16.3 Å². The Kier molecular flexibility index (Phi) is 4.98. The Hall–Kier alpha value is -1.35. The van der Waals surface area contributed by atoms with Gasteiger partial charge in [-0.1, -0.05) is 12.1 Å². The number of hydrogen-bond acceptors (Lipinski definition) is 4. The molecule has 25 heavy (non-hydrogen) atoms. The third kappa shape index (κ3) is 3.92. The maximum atomic E-state index is 12.6. The summed E-state index contributed by atoms with van der Waals surface area (Å²) in [5.74, 6) is -0.938. The number of carbonyl (C=O) groups excluding carboxylic acids is 2. The smallest absolute Gasteiger partial charge is 0.323 e. The summed E-state index contributed by atoms with van der Waals surface area (Å²) in [6.07, 6.45) is -3.16. The quantitative estimate of drug-likeness (QED) is 0.796. The van der Waals surface area contributed by atoms with E-state index in [1.807, 2.05) is 6.92 Å². The molecule has 9 heteroatoms. The summed E-state index contributed by atoms with van der Waals surface area (Å²) < 4.78 is 37.4. The second-order valence-corrected chi connectivity index (χ2v) is 8.67. The average molecular weight is 390 g/mol. The van der Waals surface area contributed by atoms with E-state index in [-0.39, 0.29) is 16.7 Å². The second-order valence-electron chi connectivity index (χ2n) is 6.15. The number of rotatable bonds is 4. The minimum Gasteiger partial charge on any atom is -0.323 e. The number of alkyl halides is 3. The van der Waals surface area contributed by atoms with Crippen molar-refractivity contribution in [2.24, 2.45) is 0 Å². The number of thioether (sulfide) groups is 2. The van der Waals surface area contributed by atoms with Crippen molar-refractivity contribution in [1.29, 1.82) is 0 Å². The zero-order valence-electron chi connectivity index (χ0n) is 13.4. The van der Waals surface area contributed by atoms with Crippen LogP contribution < -0.4 is 5.32 Å². The van der Waals surface area contributed by atoms with Crippen molar-refractivity contribution in [3.05, 3.63) is 24.3 Å². The van der Waals surface area contributed by atoms with Crippen molar-refractivity contribution in [2.45, 2.75) is 41.7 Å². The molecule has 2 aliphatic heterocycles. The standard InChI is InChI=1S/C16H17F3N2O2S2/c1-15-7-6-13(22)21(15)11(8-25-15)14(23)20-10-4-2-3-5-12(10)24-9-16(17,18)19/h2-5,11H,6-9H2,1H3,(H,20,23). The molecule has 2 heterocycles. The van der Waals surface area contributed by atoms with E-state index < -0.39 is 18.0 Å². The summed E-state index contributed by atoms with van der Waals surface area (Å²) in [7, 11) is 0. The van der Waals surface area contributed by atoms with E-state index in [0.717, 1.165) is 0 Å². The van der Waals surface area contributed by atoms with Crippen molar-refractivity contribution in [3.63, 3.8) is 0 Å². The maximum Gasteiger partial charge on any atom is 0.398 e. The van der Waals surface area contributed by atoms with Crippen molar-refractivity contribution in [1.82, 2.24) is 4.90 Å². The first-order valence-electron chi connectivity index (χ1n) is 7.75. The van der Waals surface area contributed by atoms with Crippen LogP contribution in [0.25, 0.3) is 0 Å². The van der Waals surface area contributed by atoms with Crippen molar-refractivity contribution >= 4 is 41.0 Å². The minimum atomic E-state index is -4.28. The van der Waals surface area contributed by atoms with Crippen LogP contribution in [0.2, 0.25) is 0 Å². The molecule has 2 atom stereocenters. The lowest BCUT2D eigenvalue weighted by molar-refractivity contribution is -0.135. The van der Waals surface area contributed by atoms with Gasteiger partial charge in [0.25, 0.3) is 0 Å². The van der Waals surface area contributed by atoms with E-state index in [1.165, 1.54) is 0 Å². The molecule has 2 saturated heterocycles. The predicted molar refractivity (Wildman–Crippen MR) is 92.6 cm³/mol. The Morgan fingerprint density at radius 3 is 2.88 bits per heavy atom. The molecule has 0 radical (unpaired) electrons. The predicted octanol–water partition coefficient (Wildman–Crippen LogP) is 3.73. The Bertz CT molecular complexity index is 698. The lowest BCUT2D eigenvalue weighted by Crippen LogP contribution is -2.48. The number of fused-ring (bicyclic) bond motifs is 1. The largest absolute Gasteiger partial charge is 0.398 e. The summed E-state index contributed by atoms with van der Waals surface area (Å²) in [5, 5.41) is 2.70. The number of nitrogens with zero attached hydrogens (tertiary/aromatic N) is 1. The van der Waals surface area contributed by atoms with Crippen molar-refractivity contribution in [3.8, 4) is 0 Å². The molecule has 0 aromatic heterocycles. The number of halogens is 3. The Balaban J connectivity index is 1.73. The SMILES string of the molecule is CC12CCC(=O)N1C(C(=O)Nc1ccccc1SCC(F)(F)F)CS2. The molecule has 2 fully saturated rings. The molecule has 2 amide bonds. The molecule has 4 nitrogen and oxygen atoms in total. The highest BCUT2D eigenvalue weighted by atomic mass is 32.2. The Labute approximate surface area is 151 Å². The molecule has 2 unspecified atom stereocenters. The Morgan fingerprint density at radius 2 is 2.16 bits per heavy atom. The van der Waals surface area contributed by atoms with Crippen LogP contribution in [0.3, 0.4) is 0 Å². The molecule has 0 spiro atoms. The monoisotopic (exact) mass is 390 g/mol. The number of nitrogens with one attached hydrogen (secondary N) is 1. The lowest BCUT2D eigenvalue weighted by Gasteiger charge is -2.30. The van der Waals surface area contributed by atoms with Crippen LogP contribution in [0.15, 0.2) is 29.2 Å². The first-order valence-corrected chi connectivity index (χ1v) is 9.72. The van der Waals surface area contributed by atoms with E-state index in [4.69, 9.17) is 0 Å². The molecule has 0 saturated carbocycles. The molecular formula is C16H17F3N2O2S2. The van der Waals surface area contributed by atoms with E-state index >= 15 is 0 Å². The van der Waals surface area contributed by atoms with E-state index in [0.29, 0.717) is 40.9 Å². The van der Waals surface area contributed by atoms with Crippen LogP contribution in [0.4, 0.5) is 18.9 Å². The number of amides is 2. The summed E-state index contributed by atoms with van der Waals surface area (Å²) in [5.41, 5.74) is 0.340. The van der Waals surface area contributed by atoms with Crippen LogP contribution >= 0.6 is 23.5 Å². The zero-order valence-corrected chi connectivity index (χ0v) is 15.1. The van der Waals surface area contributed by atoms with Gasteiger partial charge in [-0.2, -0.15) is 13.2 Å². The number of benzene rings is 1. The third-order valence-corrected chi connectivity index (χ3v) is 6.93. The highest BCUT2D eigenvalue weighted by molar-refractivity contribution is 8.01. The van der Waals surface area contributed by atoms with E-state index in [2.05, 4.69) is 5.32 Å². The van der Waals surface area contributed by atoms with Gasteiger partial charge in [0, 0.05) is 17.1 Å². The molecular weight excluding hydrogens is 373 g/mol. The topological polar surface area (TPSA) is 49.4 Å². The average Bonchev–Trinajstić information content (AvgIpc) is 3.02. The van der Waals surface area contributed by atoms with Crippen molar-refractivity contribution < 1.29 is 22.8 Å². The fourth-order valence-corrected chi connectivity index (χ4v) is 5.29. The normalized spacial score (nSPS) is 26.0. The van der Waals surface area contributed by atoms with Gasteiger partial charge >= 0.3 is 6.18 Å². The molecule has 136 valence electrons. The number of para-hydroxylation sites is 1. The molecule has 1 N–H and O–H groups in total. The molecule has 0 bridgehead atoms. The lowest BCUT2D eigenvalue weighted by atomic mass is 10.2. The highest BCUT2D eigenvalue weighted by Crippen LogP contribution is 2.47. The van der Waals surface area contributed by atoms with Gasteiger partial charge < -0.3 is 10.2 Å².